The number of amides is 1. The number of esters is 1. The number of hydrogen-bond donors (Lipinski definition) is 1. The molecule has 0 bridgehead atoms. The highest BCUT2D eigenvalue weighted by Gasteiger charge is 2.44. The van der Waals surface area contributed by atoms with Crippen molar-refractivity contribution in [2.75, 3.05) is 6.61 Å². The zero-order valence-electron chi connectivity index (χ0n) is 20.7. The largest absolute Gasteiger partial charge is 0.461 e. The summed E-state index contributed by atoms with van der Waals surface area (Å²) in [6.45, 7) is 3.53. The number of nitro benzene ring substituents is 1. The summed E-state index contributed by atoms with van der Waals surface area (Å²) < 4.78 is 28.9. The summed E-state index contributed by atoms with van der Waals surface area (Å²) in [5.74, 6) is -3.61. The minimum atomic E-state index is -3.95. The topological polar surface area (TPSA) is 150 Å². The maximum Gasteiger partial charge on any atom is 0.319 e. The fourth-order valence-electron chi connectivity index (χ4n) is 4.41. The molecule has 2 atom stereocenters. The maximum absolute atomic E-state index is 14.1. The minimum Gasteiger partial charge on any atom is -0.461 e. The number of nitro groups is 1. The van der Waals surface area contributed by atoms with Crippen LogP contribution in [0.15, 0.2) is 102 Å². The maximum atomic E-state index is 14.1. The van der Waals surface area contributed by atoms with Gasteiger partial charge in [-0.2, -0.15) is 0 Å². The molecule has 1 aliphatic rings. The lowest BCUT2D eigenvalue weighted by atomic mass is 9.80. The number of carbonyl (C=O) groups excluding carboxylic acids is 2. The van der Waals surface area contributed by atoms with E-state index < -0.39 is 38.7 Å². The van der Waals surface area contributed by atoms with Gasteiger partial charge in [-0.3, -0.25) is 19.7 Å². The molecule has 0 radical (unpaired) electrons. The van der Waals surface area contributed by atoms with Crippen LogP contribution in [0.1, 0.15) is 22.6 Å². The molecule has 1 aliphatic heterocycles. The summed E-state index contributed by atoms with van der Waals surface area (Å²) in [7, 11) is -3.95. The van der Waals surface area contributed by atoms with Gasteiger partial charge in [0.15, 0.2) is 0 Å². The van der Waals surface area contributed by atoms with E-state index in [-0.39, 0.29) is 23.7 Å². The van der Waals surface area contributed by atoms with Crippen LogP contribution < -0.4 is 5.14 Å². The van der Waals surface area contributed by atoms with Crippen LogP contribution in [0.2, 0.25) is 0 Å². The molecule has 0 spiro atoms. The van der Waals surface area contributed by atoms with E-state index in [1.165, 1.54) is 53.4 Å². The zero-order valence-corrected chi connectivity index (χ0v) is 21.5. The summed E-state index contributed by atoms with van der Waals surface area (Å²) in [6, 6.07) is 20.5. The molecular formula is C28H25N3O7S. The fourth-order valence-corrected chi connectivity index (χ4v) is 4.92. The van der Waals surface area contributed by atoms with E-state index in [0.717, 1.165) is 5.56 Å². The van der Waals surface area contributed by atoms with Gasteiger partial charge in [-0.05, 0) is 28.8 Å². The van der Waals surface area contributed by atoms with Gasteiger partial charge < -0.3 is 9.64 Å². The van der Waals surface area contributed by atoms with Crippen LogP contribution >= 0.6 is 0 Å². The van der Waals surface area contributed by atoms with Crippen molar-refractivity contribution in [1.82, 2.24) is 4.90 Å². The predicted molar refractivity (Wildman–Crippen MR) is 143 cm³/mol. The third kappa shape index (κ3) is 6.11. The van der Waals surface area contributed by atoms with Crippen LogP contribution in [0.5, 0.6) is 0 Å². The van der Waals surface area contributed by atoms with Crippen molar-refractivity contribution in [3.05, 3.63) is 124 Å². The minimum absolute atomic E-state index is 0.106. The number of hydrogen-bond acceptors (Lipinski definition) is 7. The summed E-state index contributed by atoms with van der Waals surface area (Å²) in [5, 5.41) is 16.7. The highest BCUT2D eigenvalue weighted by atomic mass is 32.2. The fraction of sp³-hybridized carbons (Fsp3) is 0.143. The highest BCUT2D eigenvalue weighted by molar-refractivity contribution is 7.89. The van der Waals surface area contributed by atoms with Gasteiger partial charge in [-0.25, -0.2) is 13.6 Å². The average molecular weight is 548 g/mol. The summed E-state index contributed by atoms with van der Waals surface area (Å²) in [4.78, 5) is 39.5. The van der Waals surface area contributed by atoms with Gasteiger partial charge in [-0.1, -0.05) is 73.3 Å². The molecule has 39 heavy (non-hydrogen) atoms. The van der Waals surface area contributed by atoms with Gasteiger partial charge >= 0.3 is 5.97 Å². The van der Waals surface area contributed by atoms with Crippen molar-refractivity contribution in [2.45, 2.75) is 17.4 Å². The normalized spacial score (nSPS) is 17.3. The first-order valence-electron chi connectivity index (χ1n) is 11.8. The second-order valence-electron chi connectivity index (χ2n) is 8.81. The molecule has 0 aromatic heterocycles. The summed E-state index contributed by atoms with van der Waals surface area (Å²) in [5.41, 5.74) is 1.84. The smallest absolute Gasteiger partial charge is 0.319 e. The first kappa shape index (κ1) is 27.4. The van der Waals surface area contributed by atoms with E-state index in [4.69, 9.17) is 9.88 Å². The Morgan fingerprint density at radius 3 is 2.38 bits per heavy atom. The molecule has 3 aromatic rings. The molecule has 0 fully saturated rings. The molecule has 2 unspecified atom stereocenters. The SMILES string of the molecule is C=CCOC(=O)C1C(=O)N(Cc2ccccc2)C(c2ccc(S(N)(=O)=O)cc2)=CC1c1cccc([N+](=O)[O-])c1. The molecule has 200 valence electrons. The first-order valence-corrected chi connectivity index (χ1v) is 13.4. The second kappa shape index (κ2) is 11.4. The van der Waals surface area contributed by atoms with Gasteiger partial charge in [0.25, 0.3) is 5.69 Å². The molecular weight excluding hydrogens is 522 g/mol. The van der Waals surface area contributed by atoms with E-state index in [0.29, 0.717) is 16.8 Å². The summed E-state index contributed by atoms with van der Waals surface area (Å²) >= 11 is 0. The van der Waals surface area contributed by atoms with E-state index >= 15 is 0 Å². The monoisotopic (exact) mass is 547 g/mol. The quantitative estimate of drug-likeness (QED) is 0.141. The molecule has 2 N–H and O–H groups in total. The lowest BCUT2D eigenvalue weighted by Crippen LogP contribution is -2.44. The van der Waals surface area contributed by atoms with Crippen molar-refractivity contribution in [3.63, 3.8) is 0 Å². The molecule has 3 aromatic carbocycles. The van der Waals surface area contributed by atoms with Crippen molar-refractivity contribution < 1.29 is 27.7 Å². The number of nitrogens with zero attached hydrogens (tertiary/aromatic N) is 2. The van der Waals surface area contributed by atoms with Crippen molar-refractivity contribution in [2.24, 2.45) is 11.1 Å². The van der Waals surface area contributed by atoms with Crippen LogP contribution in [0.4, 0.5) is 5.69 Å². The standard InChI is InChI=1S/C28H25N3O7S/c1-2-15-38-28(33)26-24(21-9-6-10-22(16-21)31(34)35)17-25(20-11-13-23(14-12-20)39(29,36)37)30(27(26)32)18-19-7-4-3-5-8-19/h2-14,16-17,24,26H,1,15,18H2,(H2,29,36,37). The third-order valence-electron chi connectivity index (χ3n) is 6.24. The first-order chi connectivity index (χ1) is 18.6. The Hall–Kier alpha value is -4.61. The molecule has 0 aliphatic carbocycles. The molecule has 0 saturated carbocycles. The Labute approximate surface area is 225 Å². The number of non-ortho nitro benzene ring substituents is 1. The number of ether oxygens (including phenoxy) is 1. The Bertz CT molecular complexity index is 1550. The van der Waals surface area contributed by atoms with Gasteiger partial charge in [0.05, 0.1) is 16.4 Å². The number of rotatable bonds is 9. The molecule has 0 saturated heterocycles. The average Bonchev–Trinajstić information content (AvgIpc) is 2.92. The molecule has 1 amide bonds. The van der Waals surface area contributed by atoms with E-state index in [1.807, 2.05) is 30.3 Å². The van der Waals surface area contributed by atoms with Crippen LogP contribution in [0.3, 0.4) is 0 Å². The van der Waals surface area contributed by atoms with Gasteiger partial charge in [0.2, 0.25) is 15.9 Å². The zero-order chi connectivity index (χ0) is 28.2. The second-order valence-corrected chi connectivity index (χ2v) is 10.4. The van der Waals surface area contributed by atoms with Crippen molar-refractivity contribution in [3.8, 4) is 0 Å². The van der Waals surface area contributed by atoms with Crippen molar-refractivity contribution >= 4 is 33.3 Å². The molecule has 4 rings (SSSR count). The Kier molecular flexibility index (Phi) is 8.03. The lowest BCUT2D eigenvalue weighted by Gasteiger charge is -2.37. The van der Waals surface area contributed by atoms with Gasteiger partial charge in [0.1, 0.15) is 12.5 Å². The van der Waals surface area contributed by atoms with Crippen LogP contribution in [-0.2, 0) is 30.9 Å². The van der Waals surface area contributed by atoms with E-state index in [2.05, 4.69) is 6.58 Å². The van der Waals surface area contributed by atoms with E-state index in [9.17, 15) is 28.1 Å². The number of nitrogens with two attached hydrogens (primary N) is 1. The number of primary sulfonamides is 1. The number of carbonyl (C=O) groups is 2. The Morgan fingerprint density at radius 1 is 1.08 bits per heavy atom. The molecule has 10 nitrogen and oxygen atoms in total. The Morgan fingerprint density at radius 2 is 1.77 bits per heavy atom. The third-order valence-corrected chi connectivity index (χ3v) is 7.17. The molecule has 1 heterocycles. The molecule has 11 heteroatoms. The highest BCUT2D eigenvalue weighted by Crippen LogP contribution is 2.40. The number of benzene rings is 3. The van der Waals surface area contributed by atoms with Crippen LogP contribution in [0, 0.1) is 16.0 Å². The number of allylic oxidation sites excluding steroid dienone is 1. The van der Waals surface area contributed by atoms with Crippen LogP contribution in [-0.4, -0.2) is 36.7 Å². The summed E-state index contributed by atoms with van der Waals surface area (Å²) in [6.07, 6.45) is 3.05. The number of sulfonamides is 1. The Balaban J connectivity index is 1.90. The van der Waals surface area contributed by atoms with Gasteiger partial charge in [0, 0.05) is 23.7 Å². The van der Waals surface area contributed by atoms with E-state index in [1.54, 1.807) is 12.1 Å². The predicted octanol–water partition coefficient (Wildman–Crippen LogP) is 3.75. The van der Waals surface area contributed by atoms with Gasteiger partial charge in [-0.15, -0.1) is 0 Å². The van der Waals surface area contributed by atoms with Crippen molar-refractivity contribution in [1.29, 1.82) is 0 Å². The van der Waals surface area contributed by atoms with Crippen LogP contribution in [0.25, 0.3) is 5.70 Å². The lowest BCUT2D eigenvalue weighted by molar-refractivity contribution is -0.384.